The number of hydrogen-bond donors (Lipinski definition) is 0. The van der Waals surface area contributed by atoms with Crippen molar-refractivity contribution in [2.45, 2.75) is 32.1 Å². The van der Waals surface area contributed by atoms with Gasteiger partial charge in [0.25, 0.3) is 5.88 Å². The summed E-state index contributed by atoms with van der Waals surface area (Å²) in [6.45, 7) is 1.33. The van der Waals surface area contributed by atoms with Crippen molar-refractivity contribution in [2.75, 3.05) is 0 Å². The van der Waals surface area contributed by atoms with E-state index >= 15 is 0 Å². The molecule has 3 rings (SSSR count). The average Bonchev–Trinajstić information content (AvgIpc) is 2.99. The molecule has 12 heteroatoms. The van der Waals surface area contributed by atoms with Crippen LogP contribution in [0.2, 0.25) is 0 Å². The van der Waals surface area contributed by atoms with Gasteiger partial charge in [-0.1, -0.05) is 0 Å². The second-order valence-electron chi connectivity index (χ2n) is 5.71. The Kier molecular flexibility index (Phi) is 4.44. The van der Waals surface area contributed by atoms with Crippen molar-refractivity contribution >= 4 is 5.65 Å². The number of halogens is 6. The van der Waals surface area contributed by atoms with Gasteiger partial charge in [-0.3, -0.25) is 0 Å². The van der Waals surface area contributed by atoms with Gasteiger partial charge in [0.05, 0.1) is 5.69 Å². The third-order valence-corrected chi connectivity index (χ3v) is 3.51. The van der Waals surface area contributed by atoms with Gasteiger partial charge in [-0.15, -0.1) is 10.2 Å². The van der Waals surface area contributed by atoms with Crippen LogP contribution >= 0.6 is 0 Å². The normalized spacial score (nSPS) is 13.8. The Morgan fingerprint density at radius 1 is 1.11 bits per heavy atom. The first kappa shape index (κ1) is 18.9. The zero-order valence-electron chi connectivity index (χ0n) is 13.8. The van der Waals surface area contributed by atoms with Gasteiger partial charge in [0.15, 0.2) is 17.6 Å². The molecule has 0 aromatic carbocycles. The van der Waals surface area contributed by atoms with Crippen LogP contribution in [0, 0.1) is 5.82 Å². The van der Waals surface area contributed by atoms with Gasteiger partial charge in [-0.25, -0.2) is 9.37 Å². The Bertz CT molecular complexity index is 981. The molecule has 3 heterocycles. The second-order valence-corrected chi connectivity index (χ2v) is 5.71. The minimum atomic E-state index is -4.68. The molecule has 0 bridgehead atoms. The molecule has 0 amide bonds. The van der Waals surface area contributed by atoms with Gasteiger partial charge < -0.3 is 4.74 Å². The van der Waals surface area contributed by atoms with Crippen LogP contribution in [0.3, 0.4) is 0 Å². The first-order valence-electron chi connectivity index (χ1n) is 7.47. The lowest BCUT2D eigenvalue weighted by Gasteiger charge is -2.17. The number of pyridine rings is 1. The summed E-state index contributed by atoms with van der Waals surface area (Å²) in [6, 6.07) is 3.53. The lowest BCUT2D eigenvalue weighted by molar-refractivity contribution is -0.190. The minimum absolute atomic E-state index is 0.0367. The molecular weight excluding hydrogens is 380 g/mol. The molecule has 0 radical (unpaired) electrons. The summed E-state index contributed by atoms with van der Waals surface area (Å²) in [6.07, 6.45) is -5.93. The zero-order valence-corrected chi connectivity index (χ0v) is 13.8. The van der Waals surface area contributed by atoms with Gasteiger partial charge in [0, 0.05) is 18.7 Å². The SMILES string of the molecule is C[C@@H](Oc1ncc(-c2ccc3nnc(C(C)(F)F)n3n2)cc1F)C(F)(F)F. The van der Waals surface area contributed by atoms with Crippen LogP contribution in [-0.2, 0) is 5.92 Å². The van der Waals surface area contributed by atoms with E-state index in [2.05, 4.69) is 25.0 Å². The molecule has 0 aliphatic heterocycles. The third kappa shape index (κ3) is 3.78. The van der Waals surface area contributed by atoms with E-state index in [1.165, 1.54) is 12.1 Å². The fourth-order valence-electron chi connectivity index (χ4n) is 2.10. The van der Waals surface area contributed by atoms with Crippen molar-refractivity contribution in [3.8, 4) is 17.1 Å². The third-order valence-electron chi connectivity index (χ3n) is 3.51. The minimum Gasteiger partial charge on any atom is -0.463 e. The summed E-state index contributed by atoms with van der Waals surface area (Å²) in [4.78, 5) is 3.52. The van der Waals surface area contributed by atoms with Crippen LogP contribution in [0.4, 0.5) is 26.3 Å². The van der Waals surface area contributed by atoms with E-state index in [0.29, 0.717) is 13.8 Å². The van der Waals surface area contributed by atoms with Gasteiger partial charge in [0.1, 0.15) is 0 Å². The van der Waals surface area contributed by atoms with Crippen molar-refractivity contribution < 1.29 is 31.1 Å². The van der Waals surface area contributed by atoms with E-state index in [1.807, 2.05) is 0 Å². The number of fused-ring (bicyclic) bond motifs is 1. The first-order chi connectivity index (χ1) is 12.5. The van der Waals surface area contributed by atoms with Gasteiger partial charge in [0.2, 0.25) is 5.82 Å². The molecule has 0 spiro atoms. The number of aromatic nitrogens is 5. The topological polar surface area (TPSA) is 65.2 Å². The van der Waals surface area contributed by atoms with E-state index in [-0.39, 0.29) is 16.9 Å². The molecule has 3 aromatic rings. The van der Waals surface area contributed by atoms with Gasteiger partial charge in [-0.05, 0) is 25.1 Å². The lowest BCUT2D eigenvalue weighted by Crippen LogP contribution is -2.31. The van der Waals surface area contributed by atoms with Crippen LogP contribution in [0.1, 0.15) is 19.7 Å². The van der Waals surface area contributed by atoms with Crippen molar-refractivity contribution in [3.63, 3.8) is 0 Å². The largest absolute Gasteiger partial charge is 0.463 e. The zero-order chi connectivity index (χ0) is 20.0. The maximum absolute atomic E-state index is 14.1. The van der Waals surface area contributed by atoms with Crippen LogP contribution in [0.15, 0.2) is 24.4 Å². The second kappa shape index (κ2) is 6.35. The molecule has 6 nitrogen and oxygen atoms in total. The number of hydrogen-bond acceptors (Lipinski definition) is 5. The fraction of sp³-hybridized carbons (Fsp3) is 0.333. The summed E-state index contributed by atoms with van der Waals surface area (Å²) in [5.41, 5.74) is 0.123. The molecule has 0 aliphatic carbocycles. The van der Waals surface area contributed by atoms with Crippen LogP contribution < -0.4 is 4.74 Å². The van der Waals surface area contributed by atoms with Crippen LogP contribution in [0.5, 0.6) is 5.88 Å². The quantitative estimate of drug-likeness (QED) is 0.634. The molecule has 3 aromatic heterocycles. The van der Waals surface area contributed by atoms with Crippen molar-refractivity contribution in [3.05, 3.63) is 36.0 Å². The molecule has 0 aliphatic rings. The molecule has 144 valence electrons. The highest BCUT2D eigenvalue weighted by Gasteiger charge is 2.38. The summed E-state index contributed by atoms with van der Waals surface area (Å²) in [5, 5.41) is 10.9. The average molecular weight is 391 g/mol. The van der Waals surface area contributed by atoms with E-state index < -0.39 is 35.7 Å². The van der Waals surface area contributed by atoms with E-state index in [9.17, 15) is 26.3 Å². The summed E-state index contributed by atoms with van der Waals surface area (Å²) in [5.74, 6) is -6.03. The Hall–Kier alpha value is -2.92. The van der Waals surface area contributed by atoms with Crippen molar-refractivity contribution in [1.29, 1.82) is 0 Å². The molecule has 0 saturated carbocycles. The summed E-state index contributed by atoms with van der Waals surface area (Å²) in [7, 11) is 0. The molecule has 1 atom stereocenters. The van der Waals surface area contributed by atoms with Crippen molar-refractivity contribution in [1.82, 2.24) is 24.8 Å². The molecular formula is C15H11F6N5O. The number of ether oxygens (including phenoxy) is 1. The lowest BCUT2D eigenvalue weighted by atomic mass is 10.2. The Labute approximate surface area is 147 Å². The molecule has 0 N–H and O–H groups in total. The van der Waals surface area contributed by atoms with Gasteiger partial charge >= 0.3 is 12.1 Å². The van der Waals surface area contributed by atoms with E-state index in [1.54, 1.807) is 0 Å². The maximum Gasteiger partial charge on any atom is 0.425 e. The van der Waals surface area contributed by atoms with Gasteiger partial charge in [-0.2, -0.15) is 31.6 Å². The predicted octanol–water partition coefficient (Wildman–Crippen LogP) is 3.77. The summed E-state index contributed by atoms with van der Waals surface area (Å²) >= 11 is 0. The maximum atomic E-state index is 14.1. The van der Waals surface area contributed by atoms with Crippen LogP contribution in [-0.4, -0.2) is 37.1 Å². The van der Waals surface area contributed by atoms with E-state index in [0.717, 1.165) is 16.8 Å². The molecule has 0 saturated heterocycles. The summed E-state index contributed by atoms with van der Waals surface area (Å²) < 4.78 is 83.9. The Morgan fingerprint density at radius 2 is 1.81 bits per heavy atom. The number of nitrogens with zero attached hydrogens (tertiary/aromatic N) is 5. The highest BCUT2D eigenvalue weighted by molar-refractivity contribution is 5.59. The number of alkyl halides is 5. The Balaban J connectivity index is 1.96. The number of rotatable bonds is 4. The smallest absolute Gasteiger partial charge is 0.425 e. The standard InChI is InChI=1S/C15H11F6N5O/c1-7(15(19,20)21)27-12-9(16)5-8(6-22-12)10-3-4-11-23-24-13(14(2,17)18)26(11)25-10/h3-7H,1-2H3/t7-/m1/s1. The predicted molar refractivity (Wildman–Crippen MR) is 79.7 cm³/mol. The highest BCUT2D eigenvalue weighted by Crippen LogP contribution is 2.28. The van der Waals surface area contributed by atoms with Crippen molar-refractivity contribution in [2.24, 2.45) is 0 Å². The highest BCUT2D eigenvalue weighted by atomic mass is 19.4. The van der Waals surface area contributed by atoms with E-state index in [4.69, 9.17) is 0 Å². The Morgan fingerprint density at radius 3 is 2.41 bits per heavy atom. The first-order valence-corrected chi connectivity index (χ1v) is 7.47. The molecule has 0 unspecified atom stereocenters. The molecule has 0 fully saturated rings. The monoisotopic (exact) mass is 391 g/mol. The van der Waals surface area contributed by atoms with Crippen LogP contribution in [0.25, 0.3) is 16.9 Å². The fourth-order valence-corrected chi connectivity index (χ4v) is 2.10. The molecule has 27 heavy (non-hydrogen) atoms.